The average molecular weight is 251 g/mol. The van der Waals surface area contributed by atoms with Crippen LogP contribution in [0.1, 0.15) is 31.0 Å². The Morgan fingerprint density at radius 1 is 1.41 bits per heavy atom. The van der Waals surface area contributed by atoms with Gasteiger partial charge in [0.2, 0.25) is 0 Å². The molecule has 1 heterocycles. The largest absolute Gasteiger partial charge is 0.396 e. The van der Waals surface area contributed by atoms with Crippen LogP contribution in [0.2, 0.25) is 5.02 Å². The van der Waals surface area contributed by atoms with Gasteiger partial charge in [0, 0.05) is 24.1 Å². The van der Waals surface area contributed by atoms with Crippen molar-refractivity contribution < 1.29 is 5.11 Å². The highest BCUT2D eigenvalue weighted by molar-refractivity contribution is 6.31. The first-order valence-corrected chi connectivity index (χ1v) is 6.44. The van der Waals surface area contributed by atoms with E-state index in [9.17, 15) is 0 Å². The number of rotatable bonds is 4. The van der Waals surface area contributed by atoms with E-state index in [-0.39, 0.29) is 6.61 Å². The molecule has 0 unspecified atom stereocenters. The zero-order chi connectivity index (χ0) is 11.8. The van der Waals surface area contributed by atoms with Crippen LogP contribution in [-0.4, -0.2) is 21.3 Å². The molecule has 4 heteroatoms. The molecule has 1 aliphatic rings. The maximum absolute atomic E-state index is 8.97. The molecule has 1 fully saturated rings. The van der Waals surface area contributed by atoms with E-state index >= 15 is 0 Å². The minimum Gasteiger partial charge on any atom is -0.396 e. The monoisotopic (exact) mass is 250 g/mol. The number of aryl methyl sites for hydroxylation is 1. The summed E-state index contributed by atoms with van der Waals surface area (Å²) in [6, 6.07) is 5.84. The normalized spacial score (nSPS) is 15.6. The van der Waals surface area contributed by atoms with Gasteiger partial charge in [0.1, 0.15) is 5.82 Å². The van der Waals surface area contributed by atoms with Crippen LogP contribution in [0.3, 0.4) is 0 Å². The predicted molar refractivity (Wildman–Crippen MR) is 68.4 cm³/mol. The van der Waals surface area contributed by atoms with Gasteiger partial charge in [-0.2, -0.15) is 0 Å². The molecule has 1 N–H and O–H groups in total. The first-order chi connectivity index (χ1) is 8.29. The third-order valence-corrected chi connectivity index (χ3v) is 3.46. The summed E-state index contributed by atoms with van der Waals surface area (Å²) in [5.41, 5.74) is 2.10. The minimum atomic E-state index is 0.220. The second-order valence-electron chi connectivity index (χ2n) is 4.61. The summed E-state index contributed by atoms with van der Waals surface area (Å²) in [5, 5.41) is 9.70. The molecule has 3 nitrogen and oxygen atoms in total. The Morgan fingerprint density at radius 3 is 2.94 bits per heavy atom. The quantitative estimate of drug-likeness (QED) is 0.906. The molecule has 90 valence electrons. The lowest BCUT2D eigenvalue weighted by molar-refractivity contribution is 0.280. The van der Waals surface area contributed by atoms with Crippen LogP contribution in [0.4, 0.5) is 0 Å². The van der Waals surface area contributed by atoms with Crippen molar-refractivity contribution in [3.63, 3.8) is 0 Å². The van der Waals surface area contributed by atoms with Gasteiger partial charge >= 0.3 is 0 Å². The summed E-state index contributed by atoms with van der Waals surface area (Å²) in [7, 11) is 0. The lowest BCUT2D eigenvalue weighted by atomic mass is 10.3. The van der Waals surface area contributed by atoms with E-state index in [1.165, 1.54) is 12.8 Å². The molecule has 0 aliphatic heterocycles. The number of aromatic nitrogens is 2. The van der Waals surface area contributed by atoms with Crippen LogP contribution in [0.5, 0.6) is 0 Å². The van der Waals surface area contributed by atoms with Crippen LogP contribution < -0.4 is 0 Å². The molecule has 0 saturated heterocycles. The Labute approximate surface area is 105 Å². The molecule has 0 amide bonds. The number of benzene rings is 1. The fourth-order valence-electron chi connectivity index (χ4n) is 2.24. The number of halogens is 1. The standard InChI is InChI=1S/C13H15ClN2O/c14-10-4-5-12-11(8-10)15-13(9-2-3-9)16(12)6-1-7-17/h4-5,8-9,17H,1-3,6-7H2. The third kappa shape index (κ3) is 2.05. The average Bonchev–Trinajstić information content (AvgIpc) is 3.09. The molecule has 0 radical (unpaired) electrons. The molecule has 17 heavy (non-hydrogen) atoms. The van der Waals surface area contributed by atoms with Crippen LogP contribution in [0.25, 0.3) is 11.0 Å². The third-order valence-electron chi connectivity index (χ3n) is 3.22. The van der Waals surface area contributed by atoms with Crippen molar-refractivity contribution in [1.29, 1.82) is 0 Å². The van der Waals surface area contributed by atoms with Crippen LogP contribution in [0.15, 0.2) is 18.2 Å². The van der Waals surface area contributed by atoms with Crippen molar-refractivity contribution in [1.82, 2.24) is 9.55 Å². The fourth-order valence-corrected chi connectivity index (χ4v) is 2.40. The maximum atomic E-state index is 8.97. The van der Waals surface area contributed by atoms with Crippen LogP contribution in [0, 0.1) is 0 Å². The van der Waals surface area contributed by atoms with E-state index in [2.05, 4.69) is 9.55 Å². The van der Waals surface area contributed by atoms with Gasteiger partial charge in [0.05, 0.1) is 11.0 Å². The summed E-state index contributed by atoms with van der Waals surface area (Å²) >= 11 is 5.99. The Bertz CT molecular complexity index is 546. The van der Waals surface area contributed by atoms with Crippen molar-refractivity contribution in [2.75, 3.05) is 6.61 Å². The summed E-state index contributed by atoms with van der Waals surface area (Å²) in [6.45, 7) is 1.05. The second kappa shape index (κ2) is 4.31. The number of hydrogen-bond donors (Lipinski definition) is 1. The Hall–Kier alpha value is -1.06. The first-order valence-electron chi connectivity index (χ1n) is 6.06. The van der Waals surface area contributed by atoms with Crippen LogP contribution in [-0.2, 0) is 6.54 Å². The predicted octanol–water partition coefficient (Wildman–Crippen LogP) is 2.95. The Balaban J connectivity index is 2.09. The second-order valence-corrected chi connectivity index (χ2v) is 5.04. The van der Waals surface area contributed by atoms with Crippen molar-refractivity contribution in [3.8, 4) is 0 Å². The molecule has 1 aliphatic carbocycles. The highest BCUT2D eigenvalue weighted by atomic mass is 35.5. The summed E-state index contributed by atoms with van der Waals surface area (Å²) in [6.07, 6.45) is 3.24. The van der Waals surface area contributed by atoms with Gasteiger partial charge in [-0.15, -0.1) is 0 Å². The van der Waals surface area contributed by atoms with E-state index < -0.39 is 0 Å². The molecule has 1 aromatic carbocycles. The van der Waals surface area contributed by atoms with Gasteiger partial charge in [-0.3, -0.25) is 0 Å². The molecule has 0 spiro atoms. The summed E-state index contributed by atoms with van der Waals surface area (Å²) in [4.78, 5) is 4.69. The molecule has 0 atom stereocenters. The van der Waals surface area contributed by atoms with E-state index in [1.54, 1.807) is 0 Å². The zero-order valence-electron chi connectivity index (χ0n) is 9.56. The number of nitrogens with zero attached hydrogens (tertiary/aromatic N) is 2. The van der Waals surface area contributed by atoms with E-state index in [0.717, 1.165) is 34.8 Å². The summed E-state index contributed by atoms with van der Waals surface area (Å²) in [5.74, 6) is 1.77. The van der Waals surface area contributed by atoms with Gasteiger partial charge in [-0.25, -0.2) is 4.98 Å². The van der Waals surface area contributed by atoms with Crippen molar-refractivity contribution >= 4 is 22.6 Å². The first kappa shape index (κ1) is 11.1. The van der Waals surface area contributed by atoms with Crippen LogP contribution >= 0.6 is 11.6 Å². The number of hydrogen-bond acceptors (Lipinski definition) is 2. The molecule has 0 bridgehead atoms. The van der Waals surface area contributed by atoms with Crippen molar-refractivity contribution in [2.24, 2.45) is 0 Å². The maximum Gasteiger partial charge on any atom is 0.112 e. The van der Waals surface area contributed by atoms with Gasteiger partial charge in [0.25, 0.3) is 0 Å². The van der Waals surface area contributed by atoms with Crippen molar-refractivity contribution in [2.45, 2.75) is 31.7 Å². The number of aliphatic hydroxyl groups excluding tert-OH is 1. The molecule has 2 aromatic rings. The molecule has 1 aromatic heterocycles. The van der Waals surface area contributed by atoms with Crippen molar-refractivity contribution in [3.05, 3.63) is 29.0 Å². The van der Waals surface area contributed by atoms with E-state index in [0.29, 0.717) is 5.92 Å². The topological polar surface area (TPSA) is 38.0 Å². The fraction of sp³-hybridized carbons (Fsp3) is 0.462. The van der Waals surface area contributed by atoms with E-state index in [4.69, 9.17) is 16.7 Å². The summed E-state index contributed by atoms with van der Waals surface area (Å²) < 4.78 is 2.24. The highest BCUT2D eigenvalue weighted by Gasteiger charge is 2.29. The zero-order valence-corrected chi connectivity index (χ0v) is 10.3. The number of fused-ring (bicyclic) bond motifs is 1. The molecule has 1 saturated carbocycles. The Kier molecular flexibility index (Phi) is 2.81. The lowest BCUT2D eigenvalue weighted by Gasteiger charge is -2.07. The smallest absolute Gasteiger partial charge is 0.112 e. The molecular weight excluding hydrogens is 236 g/mol. The van der Waals surface area contributed by atoms with Gasteiger partial charge in [0.15, 0.2) is 0 Å². The Morgan fingerprint density at radius 2 is 2.24 bits per heavy atom. The van der Waals surface area contributed by atoms with Gasteiger partial charge in [-0.05, 0) is 37.5 Å². The van der Waals surface area contributed by atoms with E-state index in [1.807, 2.05) is 18.2 Å². The molecule has 3 rings (SSSR count). The molecular formula is C13H15ClN2O. The van der Waals surface area contributed by atoms with Gasteiger partial charge in [-0.1, -0.05) is 11.6 Å². The number of aliphatic hydroxyl groups is 1. The number of imidazole rings is 1. The van der Waals surface area contributed by atoms with Gasteiger partial charge < -0.3 is 9.67 Å². The highest BCUT2D eigenvalue weighted by Crippen LogP contribution is 2.40. The SMILES string of the molecule is OCCCn1c(C2CC2)nc2cc(Cl)ccc21. The minimum absolute atomic E-state index is 0.220. The lowest BCUT2D eigenvalue weighted by Crippen LogP contribution is -2.04.